The Bertz CT molecular complexity index is 1440. The van der Waals surface area contributed by atoms with Crippen LogP contribution in [0.15, 0.2) is 18.6 Å². The molecule has 1 atom stereocenters. The van der Waals surface area contributed by atoms with E-state index in [2.05, 4.69) is 40.9 Å². The number of fused-ring (bicyclic) bond motifs is 1. The highest BCUT2D eigenvalue weighted by Crippen LogP contribution is 2.29. The van der Waals surface area contributed by atoms with E-state index >= 15 is 0 Å². The largest absolute Gasteiger partial charge is 0.342 e. The molecule has 2 N–H and O–H groups in total. The first-order valence-corrected chi connectivity index (χ1v) is 11.9. The Morgan fingerprint density at radius 3 is 2.60 bits per heavy atom. The summed E-state index contributed by atoms with van der Waals surface area (Å²) >= 11 is 7.33. The summed E-state index contributed by atoms with van der Waals surface area (Å²) in [6.45, 7) is 9.57. The summed E-state index contributed by atoms with van der Waals surface area (Å²) < 4.78 is 1.60. The van der Waals surface area contributed by atoms with E-state index in [4.69, 9.17) is 11.6 Å². The number of thiazole rings is 1. The van der Waals surface area contributed by atoms with Crippen LogP contribution in [0.4, 0.5) is 5.82 Å². The number of amides is 2. The Labute approximate surface area is 210 Å². The standard InChI is InChI=1S/C22H24ClN9O2S/c1-10-15-16(25-9-26-18(15)32(6)31-10)20(34)27-11(2)21-24-8-13(35-21)19(33)28-14-7-12(22(3,4)5)17(23)30-29-14/h7-9,11H,1-6H3,(H,27,34)(H,28,29,33). The number of anilines is 1. The Balaban J connectivity index is 1.48. The number of rotatable bonds is 5. The highest BCUT2D eigenvalue weighted by molar-refractivity contribution is 7.13. The Hall–Kier alpha value is -3.51. The number of carbonyl (C=O) groups is 2. The predicted octanol–water partition coefficient (Wildman–Crippen LogP) is 3.61. The molecule has 0 aliphatic rings. The lowest BCUT2D eigenvalue weighted by atomic mass is 9.88. The maximum Gasteiger partial charge on any atom is 0.271 e. The fourth-order valence-corrected chi connectivity index (χ4v) is 4.70. The molecule has 0 bridgehead atoms. The van der Waals surface area contributed by atoms with Gasteiger partial charge >= 0.3 is 0 Å². The van der Waals surface area contributed by atoms with Crippen LogP contribution in [0.3, 0.4) is 0 Å². The second-order valence-corrected chi connectivity index (χ2v) is 10.4. The van der Waals surface area contributed by atoms with Gasteiger partial charge in [0.25, 0.3) is 11.8 Å². The van der Waals surface area contributed by atoms with Crippen molar-refractivity contribution < 1.29 is 9.59 Å². The zero-order valence-electron chi connectivity index (χ0n) is 20.0. The molecule has 1 unspecified atom stereocenters. The third-order valence-electron chi connectivity index (χ3n) is 5.27. The first-order chi connectivity index (χ1) is 16.5. The molecule has 0 aromatic carbocycles. The number of halogens is 1. The first kappa shape index (κ1) is 24.6. The van der Waals surface area contributed by atoms with Crippen molar-refractivity contribution in [2.24, 2.45) is 7.05 Å². The molecule has 0 radical (unpaired) electrons. The van der Waals surface area contributed by atoms with E-state index in [1.165, 1.54) is 23.9 Å². The Morgan fingerprint density at radius 2 is 1.89 bits per heavy atom. The fraction of sp³-hybridized carbons (Fsp3) is 0.364. The van der Waals surface area contributed by atoms with Crippen LogP contribution >= 0.6 is 22.9 Å². The van der Waals surface area contributed by atoms with Crippen molar-refractivity contribution >= 4 is 51.6 Å². The zero-order chi connectivity index (χ0) is 25.5. The van der Waals surface area contributed by atoms with Crippen LogP contribution in [-0.4, -0.2) is 46.7 Å². The van der Waals surface area contributed by atoms with Gasteiger partial charge in [0.15, 0.2) is 16.6 Å². The molecule has 4 heterocycles. The summed E-state index contributed by atoms with van der Waals surface area (Å²) in [4.78, 5) is 38.8. The molecule has 0 saturated carbocycles. The number of hydrogen-bond acceptors (Lipinski definition) is 9. The molecule has 0 saturated heterocycles. The van der Waals surface area contributed by atoms with Gasteiger partial charge in [0, 0.05) is 12.6 Å². The van der Waals surface area contributed by atoms with E-state index in [0.29, 0.717) is 37.6 Å². The van der Waals surface area contributed by atoms with E-state index < -0.39 is 6.04 Å². The topological polar surface area (TPSA) is 140 Å². The first-order valence-electron chi connectivity index (χ1n) is 10.7. The van der Waals surface area contributed by atoms with Crippen LogP contribution < -0.4 is 10.6 Å². The van der Waals surface area contributed by atoms with Crippen molar-refractivity contribution in [3.8, 4) is 0 Å². The molecule has 182 valence electrons. The number of nitrogens with one attached hydrogen (secondary N) is 2. The minimum Gasteiger partial charge on any atom is -0.342 e. The number of carbonyl (C=O) groups excluding carboxylic acids is 2. The third kappa shape index (κ3) is 4.98. The SMILES string of the molecule is Cc1nn(C)c2ncnc(C(=O)NC(C)c3ncc(C(=O)Nc4cc(C(C)(C)C)c(Cl)nn4)s3)c12. The minimum atomic E-state index is -0.459. The van der Waals surface area contributed by atoms with Crippen molar-refractivity contribution in [1.29, 1.82) is 0 Å². The van der Waals surface area contributed by atoms with Gasteiger partial charge in [0.2, 0.25) is 0 Å². The van der Waals surface area contributed by atoms with Crippen LogP contribution in [0.2, 0.25) is 5.15 Å². The van der Waals surface area contributed by atoms with Gasteiger partial charge in [-0.1, -0.05) is 32.4 Å². The molecule has 11 nitrogen and oxygen atoms in total. The summed E-state index contributed by atoms with van der Waals surface area (Å²) in [5.41, 5.74) is 1.98. The van der Waals surface area contributed by atoms with Crippen LogP contribution in [-0.2, 0) is 12.5 Å². The summed E-state index contributed by atoms with van der Waals surface area (Å²) in [7, 11) is 1.76. The van der Waals surface area contributed by atoms with E-state index in [1.807, 2.05) is 20.8 Å². The lowest BCUT2D eigenvalue weighted by Gasteiger charge is -2.20. The quantitative estimate of drug-likeness (QED) is 0.412. The molecule has 0 aliphatic carbocycles. The summed E-state index contributed by atoms with van der Waals surface area (Å²) in [5.74, 6) is -0.471. The van der Waals surface area contributed by atoms with Crippen LogP contribution in [0, 0.1) is 6.92 Å². The average Bonchev–Trinajstić information content (AvgIpc) is 3.39. The molecule has 4 aromatic rings. The average molecular weight is 514 g/mol. The molecule has 2 amide bonds. The van der Waals surface area contributed by atoms with Crippen molar-refractivity contribution in [3.63, 3.8) is 0 Å². The van der Waals surface area contributed by atoms with Crippen molar-refractivity contribution in [2.45, 2.75) is 46.1 Å². The lowest BCUT2D eigenvalue weighted by Crippen LogP contribution is -2.27. The van der Waals surface area contributed by atoms with Gasteiger partial charge in [-0.15, -0.1) is 21.5 Å². The fourth-order valence-electron chi connectivity index (χ4n) is 3.51. The number of hydrogen-bond donors (Lipinski definition) is 2. The Morgan fingerprint density at radius 1 is 1.14 bits per heavy atom. The molecule has 35 heavy (non-hydrogen) atoms. The summed E-state index contributed by atoms with van der Waals surface area (Å²) in [5, 5.41) is 19.3. The summed E-state index contributed by atoms with van der Waals surface area (Å²) in [6, 6.07) is 1.25. The molecular weight excluding hydrogens is 490 g/mol. The van der Waals surface area contributed by atoms with Crippen molar-refractivity contribution in [2.75, 3.05) is 5.32 Å². The number of aryl methyl sites for hydroxylation is 2. The molecule has 4 aromatic heterocycles. The van der Waals surface area contributed by atoms with Crippen LogP contribution in [0.1, 0.15) is 70.2 Å². The van der Waals surface area contributed by atoms with Gasteiger partial charge in [-0.25, -0.2) is 15.0 Å². The van der Waals surface area contributed by atoms with E-state index in [1.54, 1.807) is 31.6 Å². The number of nitrogens with zero attached hydrogens (tertiary/aromatic N) is 7. The monoisotopic (exact) mass is 513 g/mol. The van der Waals surface area contributed by atoms with E-state index in [0.717, 1.165) is 5.56 Å². The predicted molar refractivity (Wildman–Crippen MR) is 133 cm³/mol. The molecule has 0 fully saturated rings. The second-order valence-electron chi connectivity index (χ2n) is 9.03. The van der Waals surface area contributed by atoms with Gasteiger partial charge in [0.05, 0.1) is 23.3 Å². The maximum atomic E-state index is 13.0. The van der Waals surface area contributed by atoms with E-state index in [9.17, 15) is 9.59 Å². The Kier molecular flexibility index (Phi) is 6.52. The summed E-state index contributed by atoms with van der Waals surface area (Å²) in [6.07, 6.45) is 2.79. The zero-order valence-corrected chi connectivity index (χ0v) is 21.6. The van der Waals surface area contributed by atoms with E-state index in [-0.39, 0.29) is 22.9 Å². The van der Waals surface area contributed by atoms with Gasteiger partial charge in [-0.2, -0.15) is 5.10 Å². The van der Waals surface area contributed by atoms with Gasteiger partial charge in [0.1, 0.15) is 21.9 Å². The molecular formula is C22H24ClN9O2S. The smallest absolute Gasteiger partial charge is 0.271 e. The lowest BCUT2D eigenvalue weighted by molar-refractivity contribution is 0.0935. The third-order valence-corrected chi connectivity index (χ3v) is 6.73. The van der Waals surface area contributed by atoms with Gasteiger partial charge in [-0.05, 0) is 25.3 Å². The number of aromatic nitrogens is 7. The molecule has 0 aliphatic heterocycles. The van der Waals surface area contributed by atoms with Crippen molar-refractivity contribution in [3.05, 3.63) is 50.6 Å². The normalized spacial score (nSPS) is 12.5. The highest BCUT2D eigenvalue weighted by atomic mass is 35.5. The maximum absolute atomic E-state index is 13.0. The molecule has 0 spiro atoms. The second kappa shape index (κ2) is 9.27. The highest BCUT2D eigenvalue weighted by Gasteiger charge is 2.23. The molecule has 4 rings (SSSR count). The van der Waals surface area contributed by atoms with Crippen LogP contribution in [0.25, 0.3) is 11.0 Å². The van der Waals surface area contributed by atoms with Crippen LogP contribution in [0.5, 0.6) is 0 Å². The molecule has 13 heteroatoms. The minimum absolute atomic E-state index is 0.234. The van der Waals surface area contributed by atoms with Gasteiger partial charge < -0.3 is 10.6 Å². The van der Waals surface area contributed by atoms with Gasteiger partial charge in [-0.3, -0.25) is 14.3 Å². The van der Waals surface area contributed by atoms with Crippen molar-refractivity contribution in [1.82, 2.24) is 40.2 Å².